The van der Waals surface area contributed by atoms with Crippen molar-refractivity contribution in [2.45, 2.75) is 32.2 Å². The third kappa shape index (κ3) is 3.44. The molecule has 6 heteroatoms. The summed E-state index contributed by atoms with van der Waals surface area (Å²) in [6, 6.07) is 3.53. The van der Waals surface area contributed by atoms with Gasteiger partial charge in [-0.2, -0.15) is 0 Å². The second-order valence-corrected chi connectivity index (χ2v) is 5.55. The Morgan fingerprint density at radius 2 is 2.14 bits per heavy atom. The maximum Gasteiger partial charge on any atom is 0.311 e. The van der Waals surface area contributed by atoms with Gasteiger partial charge in [-0.05, 0) is 25.0 Å². The van der Waals surface area contributed by atoms with Crippen LogP contribution in [0.4, 0.5) is 0 Å². The number of carboxylic acids is 1. The predicted molar refractivity (Wildman–Crippen MR) is 77.2 cm³/mol. The van der Waals surface area contributed by atoms with Crippen molar-refractivity contribution in [1.82, 2.24) is 9.88 Å². The Morgan fingerprint density at radius 3 is 2.76 bits per heavy atom. The van der Waals surface area contributed by atoms with E-state index in [0.29, 0.717) is 31.7 Å². The molecule has 0 aromatic carbocycles. The molecule has 1 aliphatic rings. The van der Waals surface area contributed by atoms with Crippen molar-refractivity contribution < 1.29 is 19.4 Å². The summed E-state index contributed by atoms with van der Waals surface area (Å²) in [5.41, 5.74) is -0.259. The predicted octanol–water partition coefficient (Wildman–Crippen LogP) is 1.51. The number of aromatic nitrogens is 1. The molecule has 1 fully saturated rings. The number of ether oxygens (including phenoxy) is 1. The molecule has 6 nitrogen and oxygen atoms in total. The zero-order valence-corrected chi connectivity index (χ0v) is 12.3. The first kappa shape index (κ1) is 15.6. The van der Waals surface area contributed by atoms with Gasteiger partial charge in [-0.1, -0.05) is 12.8 Å². The van der Waals surface area contributed by atoms with Crippen molar-refractivity contribution in [3.05, 3.63) is 24.0 Å². The molecule has 0 radical (unpaired) electrons. The summed E-state index contributed by atoms with van der Waals surface area (Å²) in [7, 11) is 1.61. The van der Waals surface area contributed by atoms with Crippen molar-refractivity contribution in [1.29, 1.82) is 0 Å². The first-order valence-corrected chi connectivity index (χ1v) is 7.25. The lowest BCUT2D eigenvalue weighted by atomic mass is 9.86. The van der Waals surface area contributed by atoms with E-state index < -0.39 is 11.4 Å². The number of aliphatic carboxylic acids is 1. The van der Waals surface area contributed by atoms with Crippen molar-refractivity contribution >= 4 is 11.9 Å². The van der Waals surface area contributed by atoms with Gasteiger partial charge in [0.25, 0.3) is 5.91 Å². The van der Waals surface area contributed by atoms with Crippen LogP contribution in [0.15, 0.2) is 18.3 Å². The van der Waals surface area contributed by atoms with E-state index in [-0.39, 0.29) is 12.5 Å². The van der Waals surface area contributed by atoms with Gasteiger partial charge in [-0.3, -0.25) is 9.59 Å². The van der Waals surface area contributed by atoms with Crippen LogP contribution in [-0.2, 0) is 16.1 Å². The highest BCUT2D eigenvalue weighted by Gasteiger charge is 2.41. The molecule has 1 amide bonds. The Labute approximate surface area is 124 Å². The van der Waals surface area contributed by atoms with Gasteiger partial charge in [0.05, 0.1) is 12.0 Å². The van der Waals surface area contributed by atoms with Gasteiger partial charge in [-0.15, -0.1) is 0 Å². The zero-order chi connectivity index (χ0) is 15.3. The summed E-state index contributed by atoms with van der Waals surface area (Å²) < 4.78 is 6.81. The number of carboxylic acid groups (broad SMARTS) is 1. The van der Waals surface area contributed by atoms with E-state index >= 15 is 0 Å². The smallest absolute Gasteiger partial charge is 0.311 e. The summed E-state index contributed by atoms with van der Waals surface area (Å²) in [6.45, 7) is 1.31. The van der Waals surface area contributed by atoms with E-state index in [1.54, 1.807) is 23.8 Å². The highest BCUT2D eigenvalue weighted by Crippen LogP contribution is 2.37. The molecule has 2 rings (SSSR count). The quantitative estimate of drug-likeness (QED) is 0.799. The molecule has 1 saturated carbocycles. The fourth-order valence-corrected chi connectivity index (χ4v) is 2.86. The van der Waals surface area contributed by atoms with E-state index in [1.807, 2.05) is 6.20 Å². The molecule has 21 heavy (non-hydrogen) atoms. The normalized spacial score (nSPS) is 16.8. The van der Waals surface area contributed by atoms with Gasteiger partial charge in [0.1, 0.15) is 5.69 Å². The van der Waals surface area contributed by atoms with Crippen LogP contribution in [0.5, 0.6) is 0 Å². The van der Waals surface area contributed by atoms with E-state index in [1.165, 1.54) is 0 Å². The summed E-state index contributed by atoms with van der Waals surface area (Å²) in [4.78, 5) is 23.7. The highest BCUT2D eigenvalue weighted by molar-refractivity contribution is 5.93. The number of nitrogens with one attached hydrogen (secondary N) is 1. The SMILES string of the molecule is COCCn1cccc1C(=O)NCC1(C(=O)O)CCCC1. The number of hydrogen-bond acceptors (Lipinski definition) is 3. The molecule has 116 valence electrons. The van der Waals surface area contributed by atoms with E-state index in [2.05, 4.69) is 5.32 Å². The first-order chi connectivity index (χ1) is 10.1. The number of methoxy groups -OCH3 is 1. The molecule has 0 unspecified atom stereocenters. The van der Waals surface area contributed by atoms with Crippen LogP contribution < -0.4 is 5.32 Å². The van der Waals surface area contributed by atoms with Gasteiger partial charge < -0.3 is 19.7 Å². The standard InChI is InChI=1S/C15H22N2O4/c1-21-10-9-17-8-4-5-12(17)13(18)16-11-15(14(19)20)6-2-3-7-15/h4-5,8H,2-3,6-7,9-11H2,1H3,(H,16,18)(H,19,20). The monoisotopic (exact) mass is 294 g/mol. The number of amides is 1. The number of carbonyl (C=O) groups is 2. The van der Waals surface area contributed by atoms with Crippen LogP contribution in [0.1, 0.15) is 36.2 Å². The summed E-state index contributed by atoms with van der Waals surface area (Å²) in [6.07, 6.45) is 4.90. The third-order valence-electron chi connectivity index (χ3n) is 4.20. The first-order valence-electron chi connectivity index (χ1n) is 7.25. The fourth-order valence-electron chi connectivity index (χ4n) is 2.86. The average Bonchev–Trinajstić information content (AvgIpc) is 3.12. The summed E-state index contributed by atoms with van der Waals surface area (Å²) >= 11 is 0. The lowest BCUT2D eigenvalue weighted by Gasteiger charge is -2.24. The van der Waals surface area contributed by atoms with Gasteiger partial charge in [0.2, 0.25) is 0 Å². The fraction of sp³-hybridized carbons (Fsp3) is 0.600. The highest BCUT2D eigenvalue weighted by atomic mass is 16.5. The van der Waals surface area contributed by atoms with Crippen LogP contribution in [-0.4, -0.2) is 41.8 Å². The Bertz CT molecular complexity index is 504. The number of rotatable bonds is 7. The van der Waals surface area contributed by atoms with Crippen LogP contribution in [0, 0.1) is 5.41 Å². The second kappa shape index (κ2) is 6.76. The molecular formula is C15H22N2O4. The third-order valence-corrected chi connectivity index (χ3v) is 4.20. The minimum atomic E-state index is -0.810. The van der Waals surface area contributed by atoms with E-state index in [9.17, 15) is 14.7 Å². The Hall–Kier alpha value is -1.82. The van der Waals surface area contributed by atoms with Crippen LogP contribution in [0.3, 0.4) is 0 Å². The Balaban J connectivity index is 1.98. The lowest BCUT2D eigenvalue weighted by Crippen LogP contribution is -2.41. The number of hydrogen-bond donors (Lipinski definition) is 2. The zero-order valence-electron chi connectivity index (χ0n) is 12.3. The Kier molecular flexibility index (Phi) is 5.01. The number of carbonyl (C=O) groups excluding carboxylic acids is 1. The molecule has 0 atom stereocenters. The molecular weight excluding hydrogens is 272 g/mol. The van der Waals surface area contributed by atoms with Crippen molar-refractivity contribution in [2.24, 2.45) is 5.41 Å². The van der Waals surface area contributed by atoms with Gasteiger partial charge in [-0.25, -0.2) is 0 Å². The summed E-state index contributed by atoms with van der Waals surface area (Å²) in [5, 5.41) is 12.2. The molecule has 0 saturated heterocycles. The molecule has 1 heterocycles. The number of nitrogens with zero attached hydrogens (tertiary/aromatic N) is 1. The molecule has 1 aliphatic carbocycles. The minimum absolute atomic E-state index is 0.191. The largest absolute Gasteiger partial charge is 0.481 e. The molecule has 0 spiro atoms. The molecule has 1 aromatic rings. The average molecular weight is 294 g/mol. The van der Waals surface area contributed by atoms with Gasteiger partial charge in [0.15, 0.2) is 0 Å². The molecule has 0 aliphatic heterocycles. The van der Waals surface area contributed by atoms with Crippen LogP contribution in [0.25, 0.3) is 0 Å². The second-order valence-electron chi connectivity index (χ2n) is 5.55. The molecule has 2 N–H and O–H groups in total. The molecule has 1 aromatic heterocycles. The summed E-state index contributed by atoms with van der Waals surface area (Å²) in [5.74, 6) is -1.04. The van der Waals surface area contributed by atoms with Gasteiger partial charge in [0, 0.05) is 26.4 Å². The Morgan fingerprint density at radius 1 is 1.43 bits per heavy atom. The minimum Gasteiger partial charge on any atom is -0.481 e. The van der Waals surface area contributed by atoms with Crippen molar-refractivity contribution in [2.75, 3.05) is 20.3 Å². The van der Waals surface area contributed by atoms with E-state index in [4.69, 9.17) is 4.74 Å². The van der Waals surface area contributed by atoms with Gasteiger partial charge >= 0.3 is 5.97 Å². The lowest BCUT2D eigenvalue weighted by molar-refractivity contribution is -0.148. The van der Waals surface area contributed by atoms with E-state index in [0.717, 1.165) is 12.8 Å². The topological polar surface area (TPSA) is 80.6 Å². The maximum absolute atomic E-state index is 12.2. The van der Waals surface area contributed by atoms with Crippen LogP contribution in [0.2, 0.25) is 0 Å². The maximum atomic E-state index is 12.2. The van der Waals surface area contributed by atoms with Crippen LogP contribution >= 0.6 is 0 Å². The molecule has 0 bridgehead atoms. The van der Waals surface area contributed by atoms with Crippen molar-refractivity contribution in [3.63, 3.8) is 0 Å². The van der Waals surface area contributed by atoms with Crippen molar-refractivity contribution in [3.8, 4) is 0 Å².